The molecular weight excluding hydrogens is 373 g/mol. The Morgan fingerprint density at radius 2 is 2.29 bits per heavy atom. The van der Waals surface area contributed by atoms with Gasteiger partial charge in [-0.1, -0.05) is 0 Å². The molecule has 94 valence electrons. The van der Waals surface area contributed by atoms with Crippen LogP contribution in [0.2, 0.25) is 0 Å². The average Bonchev–Trinajstić information content (AvgIpc) is 2.63. The fourth-order valence-electron chi connectivity index (χ4n) is 1.83. The number of carbonyl (C=O) groups is 1. The third kappa shape index (κ3) is 3.65. The number of nitrogens with one attached hydrogen (secondary N) is 1. The van der Waals surface area contributed by atoms with Crippen LogP contribution in [0.3, 0.4) is 0 Å². The molecule has 1 aromatic rings. The van der Waals surface area contributed by atoms with Crippen molar-refractivity contribution in [1.82, 2.24) is 5.32 Å². The maximum absolute atomic E-state index is 11.8. The van der Waals surface area contributed by atoms with E-state index in [0.29, 0.717) is 12.0 Å². The van der Waals surface area contributed by atoms with Crippen molar-refractivity contribution in [3.05, 3.63) is 19.9 Å². The van der Waals surface area contributed by atoms with Crippen LogP contribution < -0.4 is 5.32 Å². The van der Waals surface area contributed by atoms with Crippen molar-refractivity contribution in [3.63, 3.8) is 0 Å². The van der Waals surface area contributed by atoms with Crippen LogP contribution in [0.5, 0.6) is 0 Å². The summed E-state index contributed by atoms with van der Waals surface area (Å²) in [6.45, 7) is 0. The highest BCUT2D eigenvalue weighted by Gasteiger charge is 2.26. The highest BCUT2D eigenvalue weighted by molar-refractivity contribution is 14.1. The molecule has 0 aromatic carbocycles. The van der Waals surface area contributed by atoms with Crippen LogP contribution >= 0.6 is 33.9 Å². The van der Waals surface area contributed by atoms with E-state index in [2.05, 4.69) is 27.9 Å². The topological polar surface area (TPSA) is 63.2 Å². The van der Waals surface area contributed by atoms with Crippen molar-refractivity contribution >= 4 is 49.7 Å². The number of halogens is 1. The van der Waals surface area contributed by atoms with Crippen molar-refractivity contribution in [3.8, 4) is 0 Å². The normalized spacial score (nSPS) is 23.2. The zero-order valence-corrected chi connectivity index (χ0v) is 12.8. The number of hydrogen-bond donors (Lipinski definition) is 1. The van der Waals surface area contributed by atoms with Crippen molar-refractivity contribution < 1.29 is 13.2 Å². The molecule has 1 aromatic heterocycles. The van der Waals surface area contributed by atoms with Gasteiger partial charge in [-0.05, 0) is 41.5 Å². The quantitative estimate of drug-likeness (QED) is 0.788. The molecule has 1 atom stereocenters. The molecular formula is C10H12INO3S2. The van der Waals surface area contributed by atoms with Crippen LogP contribution in [0.25, 0.3) is 0 Å². The summed E-state index contributed by atoms with van der Waals surface area (Å²) >= 11 is 3.66. The Morgan fingerprint density at radius 3 is 2.88 bits per heavy atom. The van der Waals surface area contributed by atoms with E-state index in [-0.39, 0.29) is 23.5 Å². The van der Waals surface area contributed by atoms with Crippen molar-refractivity contribution in [2.75, 3.05) is 11.5 Å². The average molecular weight is 385 g/mol. The summed E-state index contributed by atoms with van der Waals surface area (Å²) in [4.78, 5) is 11.8. The summed E-state index contributed by atoms with van der Waals surface area (Å²) in [7, 11) is -2.97. The number of amides is 1. The molecule has 17 heavy (non-hydrogen) atoms. The van der Waals surface area contributed by atoms with Crippen molar-refractivity contribution in [2.24, 2.45) is 0 Å². The number of carbonyl (C=O) groups excluding carboxylic acids is 1. The maximum atomic E-state index is 11.8. The fourth-order valence-corrected chi connectivity index (χ4v) is 4.80. The second kappa shape index (κ2) is 5.23. The molecule has 1 fully saturated rings. The third-order valence-corrected chi connectivity index (χ3v) is 6.24. The van der Waals surface area contributed by atoms with Crippen LogP contribution in [0.4, 0.5) is 0 Å². The summed E-state index contributed by atoms with van der Waals surface area (Å²) in [6.07, 6.45) is 1.38. The van der Waals surface area contributed by atoms with E-state index < -0.39 is 9.84 Å². The van der Waals surface area contributed by atoms with Gasteiger partial charge in [0.15, 0.2) is 9.84 Å². The van der Waals surface area contributed by atoms with Gasteiger partial charge in [0.25, 0.3) is 5.91 Å². The first kappa shape index (κ1) is 13.3. The van der Waals surface area contributed by atoms with E-state index in [0.717, 1.165) is 9.30 Å². The van der Waals surface area contributed by atoms with Crippen LogP contribution in [0.15, 0.2) is 11.4 Å². The lowest BCUT2D eigenvalue weighted by molar-refractivity contribution is 0.0938. The zero-order chi connectivity index (χ0) is 12.5. The second-order valence-electron chi connectivity index (χ2n) is 4.07. The van der Waals surface area contributed by atoms with Gasteiger partial charge in [0.1, 0.15) is 0 Å². The molecule has 1 amide bonds. The number of sulfone groups is 1. The molecule has 1 aliphatic rings. The minimum atomic E-state index is -2.97. The van der Waals surface area contributed by atoms with Crippen molar-refractivity contribution in [2.45, 2.75) is 18.9 Å². The molecule has 7 heteroatoms. The molecule has 0 saturated carbocycles. The molecule has 2 rings (SSSR count). The van der Waals surface area contributed by atoms with Gasteiger partial charge < -0.3 is 5.32 Å². The summed E-state index contributed by atoms with van der Waals surface area (Å²) in [5, 5.41) is 4.58. The van der Waals surface area contributed by atoms with Gasteiger partial charge in [-0.3, -0.25) is 4.79 Å². The minimum Gasteiger partial charge on any atom is -0.348 e. The van der Waals surface area contributed by atoms with Crippen LogP contribution in [-0.4, -0.2) is 31.9 Å². The standard InChI is InChI=1S/C10H12INO3S2/c11-9-4-7(5-16-9)10(13)12-8-2-1-3-17(14,15)6-8/h4-5,8H,1-3,6H2,(H,12,13). The van der Waals surface area contributed by atoms with Gasteiger partial charge in [-0.15, -0.1) is 11.3 Å². The van der Waals surface area contributed by atoms with Gasteiger partial charge >= 0.3 is 0 Å². The Balaban J connectivity index is 1.99. The van der Waals surface area contributed by atoms with Crippen molar-refractivity contribution in [1.29, 1.82) is 0 Å². The van der Waals surface area contributed by atoms with E-state index >= 15 is 0 Å². The smallest absolute Gasteiger partial charge is 0.252 e. The summed E-state index contributed by atoms with van der Waals surface area (Å²) < 4.78 is 23.9. The van der Waals surface area contributed by atoms with Crippen LogP contribution in [0, 0.1) is 2.88 Å². The Bertz CT molecular complexity index is 523. The molecule has 1 aliphatic heterocycles. The van der Waals surface area contributed by atoms with E-state index in [1.165, 1.54) is 11.3 Å². The number of hydrogen-bond acceptors (Lipinski definition) is 4. The molecule has 0 spiro atoms. The lowest BCUT2D eigenvalue weighted by atomic mass is 10.2. The van der Waals surface area contributed by atoms with E-state index in [1.54, 1.807) is 11.4 Å². The number of thiophene rings is 1. The highest BCUT2D eigenvalue weighted by Crippen LogP contribution is 2.17. The van der Waals surface area contributed by atoms with Gasteiger partial charge in [0.2, 0.25) is 0 Å². The fraction of sp³-hybridized carbons (Fsp3) is 0.500. The third-order valence-electron chi connectivity index (χ3n) is 2.63. The second-order valence-corrected chi connectivity index (χ2v) is 9.10. The summed E-state index contributed by atoms with van der Waals surface area (Å²) in [6, 6.07) is 1.57. The van der Waals surface area contributed by atoms with E-state index in [1.807, 2.05) is 0 Å². The molecule has 1 unspecified atom stereocenters. The van der Waals surface area contributed by atoms with E-state index in [4.69, 9.17) is 0 Å². The molecule has 0 radical (unpaired) electrons. The number of rotatable bonds is 2. The monoisotopic (exact) mass is 385 g/mol. The first-order chi connectivity index (χ1) is 7.96. The van der Waals surface area contributed by atoms with E-state index in [9.17, 15) is 13.2 Å². The Morgan fingerprint density at radius 1 is 1.53 bits per heavy atom. The largest absolute Gasteiger partial charge is 0.348 e. The van der Waals surface area contributed by atoms with Gasteiger partial charge in [0.05, 0.1) is 20.0 Å². The van der Waals surface area contributed by atoms with Gasteiger partial charge in [0, 0.05) is 11.4 Å². The molecule has 1 saturated heterocycles. The summed E-state index contributed by atoms with van der Waals surface area (Å²) in [5.41, 5.74) is 0.613. The summed E-state index contributed by atoms with van der Waals surface area (Å²) in [5.74, 6) is 0.140. The van der Waals surface area contributed by atoms with Crippen LogP contribution in [-0.2, 0) is 9.84 Å². The maximum Gasteiger partial charge on any atom is 0.252 e. The highest BCUT2D eigenvalue weighted by atomic mass is 127. The Kier molecular flexibility index (Phi) is 4.09. The molecule has 1 N–H and O–H groups in total. The minimum absolute atomic E-state index is 0.0694. The molecule has 0 bridgehead atoms. The van der Waals surface area contributed by atoms with Gasteiger partial charge in [-0.2, -0.15) is 0 Å². The Labute approximate surface area is 118 Å². The first-order valence-corrected chi connectivity index (χ1v) is 8.99. The van der Waals surface area contributed by atoms with Gasteiger partial charge in [-0.25, -0.2) is 8.42 Å². The molecule has 4 nitrogen and oxygen atoms in total. The molecule has 2 heterocycles. The zero-order valence-electron chi connectivity index (χ0n) is 8.98. The lowest BCUT2D eigenvalue weighted by Gasteiger charge is -2.22. The Hall–Kier alpha value is -0.150. The molecule has 0 aliphatic carbocycles. The van der Waals surface area contributed by atoms with Crippen LogP contribution in [0.1, 0.15) is 23.2 Å². The predicted octanol–water partition coefficient (Wildman–Crippen LogP) is 1.66. The lowest BCUT2D eigenvalue weighted by Crippen LogP contribution is -2.43. The first-order valence-electron chi connectivity index (χ1n) is 5.21. The predicted molar refractivity (Wildman–Crippen MR) is 76.2 cm³/mol. The SMILES string of the molecule is O=C(NC1CCCS(=O)(=O)C1)c1csc(I)c1.